The number of carbonyl (C=O) groups is 1. The molecular weight excluding hydrogens is 394 g/mol. The first-order valence-electron chi connectivity index (χ1n) is 7.75. The molecule has 5 nitrogen and oxygen atoms in total. The molecule has 3 rings (SSSR count). The number of nitrogens with one attached hydrogen (secondary N) is 1. The lowest BCUT2D eigenvalue weighted by atomic mass is 9.79. The second-order valence-electron chi connectivity index (χ2n) is 6.58. The summed E-state index contributed by atoms with van der Waals surface area (Å²) in [6.45, 7) is 1.49. The second kappa shape index (κ2) is 5.88. The topological polar surface area (TPSA) is 76.2 Å². The van der Waals surface area contributed by atoms with Crippen molar-refractivity contribution in [2.24, 2.45) is 5.92 Å². The van der Waals surface area contributed by atoms with E-state index in [0.717, 1.165) is 33.7 Å². The first kappa shape index (κ1) is 17.5. The number of hydrogen-bond acceptors (Lipinski definition) is 4. The van der Waals surface area contributed by atoms with Gasteiger partial charge >= 0.3 is 5.97 Å². The molecule has 1 aliphatic carbocycles. The van der Waals surface area contributed by atoms with E-state index in [4.69, 9.17) is 4.74 Å². The molecule has 0 fully saturated rings. The Labute approximate surface area is 149 Å². The molecule has 7 heteroatoms. The summed E-state index contributed by atoms with van der Waals surface area (Å²) >= 11 is 3.49. The predicted molar refractivity (Wildman–Crippen MR) is 96.8 cm³/mol. The zero-order valence-corrected chi connectivity index (χ0v) is 16.3. The molecule has 0 spiro atoms. The molecule has 130 valence electrons. The fourth-order valence-corrected chi connectivity index (χ4v) is 5.25. The van der Waals surface area contributed by atoms with Crippen molar-refractivity contribution in [3.05, 3.63) is 33.9 Å². The highest BCUT2D eigenvalue weighted by atomic mass is 79.9. The van der Waals surface area contributed by atoms with Crippen LogP contribution < -0.4 is 0 Å². The Morgan fingerprint density at radius 1 is 1.42 bits per heavy atom. The van der Waals surface area contributed by atoms with Gasteiger partial charge < -0.3 is 9.72 Å². The molecule has 0 amide bonds. The van der Waals surface area contributed by atoms with Crippen LogP contribution in [0.25, 0.3) is 10.9 Å². The lowest BCUT2D eigenvalue weighted by Gasteiger charge is -2.35. The third-order valence-corrected chi connectivity index (χ3v) is 7.82. The molecule has 0 bridgehead atoms. The van der Waals surface area contributed by atoms with Gasteiger partial charge in [-0.15, -0.1) is 0 Å². The fourth-order valence-electron chi connectivity index (χ4n) is 3.70. The largest absolute Gasteiger partial charge is 0.468 e. The number of ether oxygens (including phenoxy) is 1. The number of halogens is 1. The summed E-state index contributed by atoms with van der Waals surface area (Å²) in [6, 6.07) is 6.04. The minimum atomic E-state index is -3.61. The van der Waals surface area contributed by atoms with Gasteiger partial charge in [0, 0.05) is 27.3 Å². The first-order chi connectivity index (χ1) is 11.2. The van der Waals surface area contributed by atoms with Gasteiger partial charge in [0.2, 0.25) is 0 Å². The van der Waals surface area contributed by atoms with Crippen molar-refractivity contribution in [2.45, 2.75) is 30.9 Å². The Hall–Kier alpha value is -1.34. The van der Waals surface area contributed by atoms with Crippen LogP contribution in [0.3, 0.4) is 0 Å². The Bertz CT molecular complexity index is 918. The van der Waals surface area contributed by atoms with Gasteiger partial charge in [0.15, 0.2) is 14.6 Å². The third kappa shape index (κ3) is 2.58. The predicted octanol–water partition coefficient (Wildman–Crippen LogP) is 3.01. The van der Waals surface area contributed by atoms with Crippen LogP contribution in [0, 0.1) is 5.92 Å². The summed E-state index contributed by atoms with van der Waals surface area (Å²) in [5.41, 5.74) is 3.25. The van der Waals surface area contributed by atoms with Crippen LogP contribution in [0.5, 0.6) is 0 Å². The average molecular weight is 414 g/mol. The van der Waals surface area contributed by atoms with Crippen molar-refractivity contribution in [1.29, 1.82) is 0 Å². The number of esters is 1. The van der Waals surface area contributed by atoms with Gasteiger partial charge in [0.25, 0.3) is 0 Å². The van der Waals surface area contributed by atoms with E-state index in [-0.39, 0.29) is 5.92 Å². The second-order valence-corrected chi connectivity index (χ2v) is 9.89. The maximum absolute atomic E-state index is 12.4. The van der Waals surface area contributed by atoms with E-state index in [1.165, 1.54) is 19.6 Å². The summed E-state index contributed by atoms with van der Waals surface area (Å²) < 4.78 is 29.0. The highest BCUT2D eigenvalue weighted by molar-refractivity contribution is 9.10. The Morgan fingerprint density at radius 3 is 2.75 bits per heavy atom. The maximum atomic E-state index is 12.4. The van der Waals surface area contributed by atoms with Crippen molar-refractivity contribution < 1.29 is 17.9 Å². The van der Waals surface area contributed by atoms with Gasteiger partial charge in [-0.25, -0.2) is 8.42 Å². The average Bonchev–Trinajstić information content (AvgIpc) is 2.89. The van der Waals surface area contributed by atoms with Crippen LogP contribution in [0.2, 0.25) is 0 Å². The lowest BCUT2D eigenvalue weighted by Crippen LogP contribution is -2.51. The van der Waals surface area contributed by atoms with Gasteiger partial charge in [0.05, 0.1) is 7.11 Å². The number of rotatable bonds is 3. The normalized spacial score (nSPS) is 20.4. The summed E-state index contributed by atoms with van der Waals surface area (Å²) in [5.74, 6) is -0.999. The molecule has 0 saturated carbocycles. The molecule has 24 heavy (non-hydrogen) atoms. The highest BCUT2D eigenvalue weighted by Gasteiger charge is 2.52. The summed E-state index contributed by atoms with van der Waals surface area (Å²) in [7, 11) is -2.37. The van der Waals surface area contributed by atoms with Crippen LogP contribution in [-0.4, -0.2) is 37.5 Å². The molecule has 1 unspecified atom stereocenters. The summed E-state index contributed by atoms with van der Waals surface area (Å²) in [5, 5.41) is 1.15. The van der Waals surface area contributed by atoms with Crippen LogP contribution in [-0.2, 0) is 32.2 Å². The smallest absolute Gasteiger partial charge is 0.327 e. The number of hydrogen-bond donors (Lipinski definition) is 1. The van der Waals surface area contributed by atoms with E-state index in [1.54, 1.807) is 0 Å². The third-order valence-electron chi connectivity index (χ3n) is 5.29. The highest BCUT2D eigenvalue weighted by Crippen LogP contribution is 2.40. The van der Waals surface area contributed by atoms with Crippen molar-refractivity contribution in [1.82, 2.24) is 4.98 Å². The molecule has 1 aromatic heterocycles. The monoisotopic (exact) mass is 413 g/mol. The molecule has 1 aromatic carbocycles. The minimum absolute atomic E-state index is 0.316. The van der Waals surface area contributed by atoms with Crippen molar-refractivity contribution in [3.8, 4) is 0 Å². The Morgan fingerprint density at radius 2 is 2.12 bits per heavy atom. The van der Waals surface area contributed by atoms with E-state index in [0.29, 0.717) is 12.8 Å². The van der Waals surface area contributed by atoms with Gasteiger partial charge in [-0.1, -0.05) is 15.9 Å². The number of methoxy groups -OCH3 is 1. The van der Waals surface area contributed by atoms with Crippen LogP contribution >= 0.6 is 15.9 Å². The molecule has 2 atom stereocenters. The minimum Gasteiger partial charge on any atom is -0.468 e. The summed E-state index contributed by atoms with van der Waals surface area (Å²) in [6.07, 6.45) is 2.99. The zero-order chi connectivity index (χ0) is 17.7. The Kier molecular flexibility index (Phi) is 4.28. The van der Waals surface area contributed by atoms with E-state index in [2.05, 4.69) is 27.0 Å². The van der Waals surface area contributed by atoms with E-state index < -0.39 is 20.6 Å². The zero-order valence-electron chi connectivity index (χ0n) is 13.8. The number of H-pyrrole nitrogens is 1. The number of aromatic nitrogens is 1. The standard InChI is InChI=1S/C17H20BrNO4S/c1-17(16(20)23-2,24(3,21)22)10-4-6-12-13-9-11(18)5-7-14(13)19-15(12)8-10/h5,7,9-10,19H,4,6,8H2,1-3H3/t10?,17-/m1/s1. The molecule has 2 aromatic rings. The number of sulfone groups is 1. The van der Waals surface area contributed by atoms with Gasteiger partial charge in [0.1, 0.15) is 0 Å². The first-order valence-corrected chi connectivity index (χ1v) is 10.4. The van der Waals surface area contributed by atoms with Crippen LogP contribution in [0.15, 0.2) is 22.7 Å². The fraction of sp³-hybridized carbons (Fsp3) is 0.471. The molecule has 0 radical (unpaired) electrons. The lowest BCUT2D eigenvalue weighted by molar-refractivity contribution is -0.145. The number of benzene rings is 1. The van der Waals surface area contributed by atoms with Crippen LogP contribution in [0.4, 0.5) is 0 Å². The number of aryl methyl sites for hydroxylation is 1. The van der Waals surface area contributed by atoms with Crippen molar-refractivity contribution in [3.63, 3.8) is 0 Å². The SMILES string of the molecule is COC(=O)[C@@](C)(C1CCc2c([nH]c3ccc(Br)cc23)C1)S(C)(=O)=O. The van der Waals surface area contributed by atoms with Crippen LogP contribution in [0.1, 0.15) is 24.6 Å². The van der Waals surface area contributed by atoms with E-state index in [1.807, 2.05) is 12.1 Å². The van der Waals surface area contributed by atoms with Gasteiger partial charge in [-0.05, 0) is 55.9 Å². The van der Waals surface area contributed by atoms with E-state index in [9.17, 15) is 13.2 Å². The molecule has 1 aliphatic rings. The molecule has 0 saturated heterocycles. The molecular formula is C17H20BrNO4S. The number of carbonyl (C=O) groups excluding carboxylic acids is 1. The maximum Gasteiger partial charge on any atom is 0.327 e. The molecule has 0 aliphatic heterocycles. The number of fused-ring (bicyclic) bond motifs is 3. The summed E-state index contributed by atoms with van der Waals surface area (Å²) in [4.78, 5) is 15.7. The van der Waals surface area contributed by atoms with Gasteiger partial charge in [-0.2, -0.15) is 0 Å². The Balaban J connectivity index is 2.05. The van der Waals surface area contributed by atoms with Crippen molar-refractivity contribution >= 4 is 42.6 Å². The van der Waals surface area contributed by atoms with Crippen molar-refractivity contribution in [2.75, 3.05) is 13.4 Å². The molecule has 1 heterocycles. The quantitative estimate of drug-likeness (QED) is 0.784. The van der Waals surface area contributed by atoms with E-state index >= 15 is 0 Å². The molecule has 1 N–H and O–H groups in total. The van der Waals surface area contributed by atoms with Gasteiger partial charge in [-0.3, -0.25) is 4.79 Å². The number of aromatic amines is 1.